The van der Waals surface area contributed by atoms with Crippen LogP contribution in [0.1, 0.15) is 30.7 Å². The second-order valence-electron chi connectivity index (χ2n) is 6.01. The molecule has 0 amide bonds. The Bertz CT molecular complexity index is 538. The number of nitrogens with zero attached hydrogens (tertiary/aromatic N) is 5. The second-order valence-corrected chi connectivity index (χ2v) is 6.01. The number of likely N-dealkylation sites (N-methyl/N-ethyl adjacent to an activating group) is 2. The van der Waals surface area contributed by atoms with Crippen LogP contribution < -0.4 is 10.6 Å². The average molecular weight is 292 g/mol. The fraction of sp³-hybridized carbons (Fsp3) is 0.643. The number of hydrogen-bond acceptors (Lipinski definition) is 6. The van der Waals surface area contributed by atoms with Crippen LogP contribution in [0.25, 0.3) is 0 Å². The summed E-state index contributed by atoms with van der Waals surface area (Å²) in [7, 11) is 6.21. The highest BCUT2D eigenvalue weighted by Gasteiger charge is 2.40. The van der Waals surface area contributed by atoms with Gasteiger partial charge in [-0.1, -0.05) is 5.16 Å². The van der Waals surface area contributed by atoms with Gasteiger partial charge in [-0.2, -0.15) is 0 Å². The standard InChI is InChI=1S/C14H24N6O/c1-10-8-11(12(15)18-21)17-13(16-10)20(4)9-14(19(2)3)6-5-7-14/h8,21H,5-7,9H2,1-4H3,(H2,15,18). The first kappa shape index (κ1) is 15.5. The van der Waals surface area contributed by atoms with Gasteiger partial charge in [0.05, 0.1) is 0 Å². The molecule has 0 atom stereocenters. The first-order valence-electron chi connectivity index (χ1n) is 7.10. The monoisotopic (exact) mass is 292 g/mol. The highest BCUT2D eigenvalue weighted by Crippen LogP contribution is 2.37. The van der Waals surface area contributed by atoms with E-state index in [9.17, 15) is 0 Å². The van der Waals surface area contributed by atoms with Crippen LogP contribution in [0.2, 0.25) is 0 Å². The van der Waals surface area contributed by atoms with Crippen molar-refractivity contribution in [2.45, 2.75) is 31.7 Å². The number of aryl methyl sites for hydroxylation is 1. The van der Waals surface area contributed by atoms with Crippen LogP contribution in [0.4, 0.5) is 5.95 Å². The molecule has 7 heteroatoms. The normalized spacial score (nSPS) is 17.7. The molecule has 1 aromatic heterocycles. The third-order valence-corrected chi connectivity index (χ3v) is 4.32. The zero-order valence-corrected chi connectivity index (χ0v) is 13.2. The molecule has 1 aliphatic carbocycles. The van der Waals surface area contributed by atoms with E-state index in [1.165, 1.54) is 19.3 Å². The Balaban J connectivity index is 2.23. The summed E-state index contributed by atoms with van der Waals surface area (Å²) in [5.74, 6) is 0.603. The van der Waals surface area contributed by atoms with Crippen molar-refractivity contribution in [3.05, 3.63) is 17.5 Å². The van der Waals surface area contributed by atoms with Gasteiger partial charge in [0, 0.05) is 24.8 Å². The maximum absolute atomic E-state index is 8.80. The third-order valence-electron chi connectivity index (χ3n) is 4.32. The van der Waals surface area contributed by atoms with E-state index < -0.39 is 0 Å². The molecule has 1 saturated carbocycles. The number of nitrogens with two attached hydrogens (primary N) is 1. The second kappa shape index (κ2) is 5.85. The lowest BCUT2D eigenvalue weighted by atomic mass is 9.75. The van der Waals surface area contributed by atoms with E-state index in [0.29, 0.717) is 11.6 Å². The maximum atomic E-state index is 8.80. The van der Waals surface area contributed by atoms with E-state index in [4.69, 9.17) is 10.9 Å². The molecule has 1 aliphatic rings. The van der Waals surface area contributed by atoms with E-state index >= 15 is 0 Å². The fourth-order valence-electron chi connectivity index (χ4n) is 2.75. The zero-order valence-electron chi connectivity index (χ0n) is 13.2. The third kappa shape index (κ3) is 3.07. The molecule has 7 nitrogen and oxygen atoms in total. The minimum Gasteiger partial charge on any atom is -0.409 e. The summed E-state index contributed by atoms with van der Waals surface area (Å²) in [6.07, 6.45) is 3.63. The van der Waals surface area contributed by atoms with Crippen molar-refractivity contribution in [1.29, 1.82) is 0 Å². The largest absolute Gasteiger partial charge is 0.409 e. The average Bonchev–Trinajstić information content (AvgIpc) is 2.40. The van der Waals surface area contributed by atoms with Crippen molar-refractivity contribution in [2.75, 3.05) is 32.6 Å². The molecule has 1 aromatic rings. The first-order chi connectivity index (χ1) is 9.88. The molecule has 0 unspecified atom stereocenters. The van der Waals surface area contributed by atoms with Crippen LogP contribution >= 0.6 is 0 Å². The van der Waals surface area contributed by atoms with Gasteiger partial charge in [-0.3, -0.25) is 0 Å². The summed E-state index contributed by atoms with van der Waals surface area (Å²) in [6.45, 7) is 2.73. The smallest absolute Gasteiger partial charge is 0.226 e. The van der Waals surface area contributed by atoms with E-state index in [1.807, 2.05) is 18.9 Å². The van der Waals surface area contributed by atoms with E-state index in [0.717, 1.165) is 12.2 Å². The lowest BCUT2D eigenvalue weighted by Gasteiger charge is -2.49. The number of anilines is 1. The Kier molecular flexibility index (Phi) is 4.32. The molecule has 0 radical (unpaired) electrons. The first-order valence-corrected chi connectivity index (χ1v) is 7.10. The molecule has 0 aliphatic heterocycles. The summed E-state index contributed by atoms with van der Waals surface area (Å²) in [5, 5.41) is 11.8. The summed E-state index contributed by atoms with van der Waals surface area (Å²) >= 11 is 0. The van der Waals surface area contributed by atoms with Gasteiger partial charge in [-0.05, 0) is 46.3 Å². The highest BCUT2D eigenvalue weighted by atomic mass is 16.4. The SMILES string of the molecule is Cc1cc(/C(N)=N/O)nc(N(C)CC2(N(C)C)CCC2)n1. The molecule has 0 bridgehead atoms. The summed E-state index contributed by atoms with van der Waals surface area (Å²) in [5.41, 5.74) is 7.06. The van der Waals surface area contributed by atoms with Crippen molar-refractivity contribution in [3.63, 3.8) is 0 Å². The van der Waals surface area contributed by atoms with Crippen LogP contribution in [0.5, 0.6) is 0 Å². The van der Waals surface area contributed by atoms with E-state index in [1.54, 1.807) is 6.07 Å². The van der Waals surface area contributed by atoms with Crippen LogP contribution in [0, 0.1) is 6.92 Å². The molecular formula is C14H24N6O. The number of hydrogen-bond donors (Lipinski definition) is 2. The molecule has 3 N–H and O–H groups in total. The molecule has 2 rings (SSSR count). The van der Waals surface area contributed by atoms with Crippen molar-refractivity contribution in [3.8, 4) is 0 Å². The summed E-state index contributed by atoms with van der Waals surface area (Å²) in [6, 6.07) is 1.71. The van der Waals surface area contributed by atoms with E-state index in [2.05, 4.69) is 34.1 Å². The molecule has 1 fully saturated rings. The van der Waals surface area contributed by atoms with Gasteiger partial charge in [-0.25, -0.2) is 9.97 Å². The topological polar surface area (TPSA) is 90.9 Å². The van der Waals surface area contributed by atoms with E-state index in [-0.39, 0.29) is 11.4 Å². The van der Waals surface area contributed by atoms with Gasteiger partial charge in [-0.15, -0.1) is 0 Å². The fourth-order valence-corrected chi connectivity index (χ4v) is 2.75. The molecular weight excluding hydrogens is 268 g/mol. The maximum Gasteiger partial charge on any atom is 0.226 e. The lowest BCUT2D eigenvalue weighted by molar-refractivity contribution is 0.0680. The van der Waals surface area contributed by atoms with Crippen molar-refractivity contribution >= 4 is 11.8 Å². The molecule has 1 heterocycles. The molecule has 0 saturated heterocycles. The Morgan fingerprint density at radius 2 is 2.05 bits per heavy atom. The Hall–Kier alpha value is -1.89. The Morgan fingerprint density at radius 1 is 1.38 bits per heavy atom. The Morgan fingerprint density at radius 3 is 2.52 bits per heavy atom. The molecule has 21 heavy (non-hydrogen) atoms. The van der Waals surface area contributed by atoms with Crippen LogP contribution in [0.15, 0.2) is 11.2 Å². The van der Waals surface area contributed by atoms with Crippen LogP contribution in [0.3, 0.4) is 0 Å². The highest BCUT2D eigenvalue weighted by molar-refractivity contribution is 5.95. The zero-order chi connectivity index (χ0) is 15.6. The van der Waals surface area contributed by atoms with Gasteiger partial charge in [0.15, 0.2) is 5.84 Å². The minimum absolute atomic E-state index is 0.00103. The predicted octanol–water partition coefficient (Wildman–Crippen LogP) is 0.800. The van der Waals surface area contributed by atoms with Crippen LogP contribution in [-0.4, -0.2) is 59.1 Å². The van der Waals surface area contributed by atoms with Gasteiger partial charge in [0.1, 0.15) is 5.69 Å². The van der Waals surface area contributed by atoms with Gasteiger partial charge in [0.2, 0.25) is 5.95 Å². The van der Waals surface area contributed by atoms with Gasteiger partial charge < -0.3 is 20.7 Å². The number of amidine groups is 1. The van der Waals surface area contributed by atoms with Gasteiger partial charge in [0.25, 0.3) is 0 Å². The molecule has 0 spiro atoms. The number of aromatic nitrogens is 2. The number of oxime groups is 1. The van der Waals surface area contributed by atoms with Crippen molar-refractivity contribution < 1.29 is 5.21 Å². The molecule has 116 valence electrons. The quantitative estimate of drug-likeness (QED) is 0.361. The van der Waals surface area contributed by atoms with Crippen molar-refractivity contribution in [2.24, 2.45) is 10.9 Å². The van der Waals surface area contributed by atoms with Crippen LogP contribution in [-0.2, 0) is 0 Å². The lowest BCUT2D eigenvalue weighted by Crippen LogP contribution is -2.57. The predicted molar refractivity (Wildman–Crippen MR) is 82.8 cm³/mol. The number of rotatable bonds is 5. The minimum atomic E-state index is 0.00103. The van der Waals surface area contributed by atoms with Gasteiger partial charge >= 0.3 is 0 Å². The van der Waals surface area contributed by atoms with Crippen molar-refractivity contribution in [1.82, 2.24) is 14.9 Å². The summed E-state index contributed by atoms with van der Waals surface area (Å²) < 4.78 is 0. The summed E-state index contributed by atoms with van der Waals surface area (Å²) in [4.78, 5) is 13.2. The Labute approximate surface area is 125 Å². The molecule has 0 aromatic carbocycles.